The molecule has 0 N–H and O–H groups in total. The van der Waals surface area contributed by atoms with Crippen molar-refractivity contribution in [2.75, 3.05) is 0 Å². The molecule has 0 spiro atoms. The normalized spacial score (nSPS) is 11.9. The van der Waals surface area contributed by atoms with Gasteiger partial charge < -0.3 is 0 Å². The Hall–Kier alpha value is -2.04. The van der Waals surface area contributed by atoms with Crippen LogP contribution < -0.4 is 0 Å². The van der Waals surface area contributed by atoms with Crippen LogP contribution in [-0.2, 0) is 13.1 Å². The summed E-state index contributed by atoms with van der Waals surface area (Å²) in [5.74, 6) is 0.624. The van der Waals surface area contributed by atoms with Gasteiger partial charge in [0.15, 0.2) is 5.82 Å². The van der Waals surface area contributed by atoms with E-state index in [-0.39, 0.29) is 13.1 Å². The van der Waals surface area contributed by atoms with E-state index >= 15 is 0 Å². The number of rotatable bonds is 4. The van der Waals surface area contributed by atoms with Crippen molar-refractivity contribution in [2.24, 2.45) is 9.98 Å². The predicted octanol–water partition coefficient (Wildman–Crippen LogP) is 7.99. The van der Waals surface area contributed by atoms with E-state index in [1.54, 1.807) is 6.20 Å². The second-order valence-corrected chi connectivity index (χ2v) is 10.0. The molecule has 0 aliphatic carbocycles. The topological polar surface area (TPSA) is 50.5 Å². The van der Waals surface area contributed by atoms with E-state index in [1.807, 2.05) is 19.9 Å². The number of hydrogen-bond acceptors (Lipinski definition) is 4. The van der Waals surface area contributed by atoms with E-state index in [4.69, 9.17) is 35.2 Å². The maximum atomic E-state index is 4.88. The van der Waals surface area contributed by atoms with Gasteiger partial charge in [-0.2, -0.15) is 0 Å². The maximum absolute atomic E-state index is 4.88. The van der Waals surface area contributed by atoms with Gasteiger partial charge in [0, 0.05) is 6.20 Å². The van der Waals surface area contributed by atoms with E-state index in [2.05, 4.69) is 70.8 Å². The molecule has 0 saturated heterocycles. The van der Waals surface area contributed by atoms with Gasteiger partial charge in [-0.1, -0.05) is 35.4 Å². The Morgan fingerprint density at radius 1 is 0.727 bits per heavy atom. The second-order valence-electron chi connectivity index (χ2n) is 8.21. The van der Waals surface area contributed by atoms with Gasteiger partial charge >= 0.3 is 33.3 Å². The van der Waals surface area contributed by atoms with Crippen molar-refractivity contribution in [3.63, 3.8) is 0 Å². The van der Waals surface area contributed by atoms with Crippen LogP contribution in [0.15, 0.2) is 46.5 Å². The molecule has 2 aromatic carbocycles. The molecular formula is C26H30Cl2FeN4. The molecule has 0 aliphatic heterocycles. The molecule has 176 valence electrons. The molecule has 33 heavy (non-hydrogen) atoms. The van der Waals surface area contributed by atoms with Crippen molar-refractivity contribution in [3.05, 3.63) is 81.4 Å². The molecule has 0 radical (unpaired) electrons. The van der Waals surface area contributed by atoms with Gasteiger partial charge in [0.25, 0.3) is 0 Å². The van der Waals surface area contributed by atoms with Crippen LogP contribution in [0.1, 0.15) is 58.7 Å². The third-order valence-electron chi connectivity index (χ3n) is 5.18. The quantitative estimate of drug-likeness (QED) is 0.256. The van der Waals surface area contributed by atoms with E-state index < -0.39 is 0 Å². The summed E-state index contributed by atoms with van der Waals surface area (Å²) in [5, 5.41) is 0. The van der Waals surface area contributed by atoms with Crippen LogP contribution in [0.4, 0.5) is 11.4 Å². The summed E-state index contributed by atoms with van der Waals surface area (Å²) in [5.41, 5.74) is 11.6. The summed E-state index contributed by atoms with van der Waals surface area (Å²) in [6.45, 7) is 16.5. The summed E-state index contributed by atoms with van der Waals surface area (Å²) >= 11 is 0.194. The summed E-state index contributed by atoms with van der Waals surface area (Å²) in [6.07, 6.45) is 1.78. The first-order valence-corrected chi connectivity index (χ1v) is 13.6. The molecule has 7 heteroatoms. The van der Waals surface area contributed by atoms with Crippen LogP contribution in [0.3, 0.4) is 0 Å². The number of halogens is 2. The molecule has 1 aromatic heterocycles. The summed E-state index contributed by atoms with van der Waals surface area (Å²) in [7, 11) is 9.53. The first kappa shape index (κ1) is 27.2. The molecule has 1 heterocycles. The van der Waals surface area contributed by atoms with Crippen LogP contribution in [0.5, 0.6) is 0 Å². The Balaban J connectivity index is 0.00000122. The molecule has 0 amide bonds. The fourth-order valence-corrected chi connectivity index (χ4v) is 3.87. The van der Waals surface area contributed by atoms with Crippen LogP contribution in [-0.4, -0.2) is 21.4 Å². The third-order valence-corrected chi connectivity index (χ3v) is 5.18. The Labute approximate surface area is 212 Å². The van der Waals surface area contributed by atoms with E-state index in [0.29, 0.717) is 5.82 Å². The monoisotopic (exact) mass is 524 g/mol. The molecule has 3 aromatic rings. The Morgan fingerprint density at radius 3 is 1.55 bits per heavy atom. The number of aromatic nitrogens is 2. The zero-order valence-electron chi connectivity index (χ0n) is 20.4. The Kier molecular flexibility index (Phi) is 10.2. The van der Waals surface area contributed by atoms with E-state index in [1.165, 1.54) is 22.3 Å². The fourth-order valence-electron chi connectivity index (χ4n) is 3.87. The van der Waals surface area contributed by atoms with Crippen molar-refractivity contribution >= 4 is 43.0 Å². The molecule has 4 nitrogen and oxygen atoms in total. The average Bonchev–Trinajstić information content (AvgIpc) is 2.73. The number of benzene rings is 2. The molecule has 0 saturated carbocycles. The standard InChI is InChI=1S/C26H30N4.2ClH.Fe/c1-15-11-17(3)24(18(4)12-15)28-21(7)23-9-10-27-26(30-23)22(8)29-25-19(5)13-16(2)14-20(25)6;;;/h9-14H,1-8H3;2*1H;/q;;;+2/p-2. The average molecular weight is 525 g/mol. The minimum absolute atomic E-state index is 0.194. The fraction of sp³-hybridized carbons (Fsp3) is 0.308. The molecule has 0 unspecified atom stereocenters. The molecule has 3 rings (SSSR count). The summed E-state index contributed by atoms with van der Waals surface area (Å²) in [4.78, 5) is 18.9. The van der Waals surface area contributed by atoms with Crippen LogP contribution in [0.25, 0.3) is 0 Å². The molecule has 0 bridgehead atoms. The molecule has 0 aliphatic rings. The number of nitrogens with zero attached hydrogens (tertiary/aromatic N) is 4. The van der Waals surface area contributed by atoms with Crippen molar-refractivity contribution in [2.45, 2.75) is 55.4 Å². The third kappa shape index (κ3) is 7.48. The Morgan fingerprint density at radius 2 is 1.12 bits per heavy atom. The van der Waals surface area contributed by atoms with E-state index in [0.717, 1.165) is 39.6 Å². The van der Waals surface area contributed by atoms with Gasteiger partial charge in [-0.3, -0.25) is 4.99 Å². The van der Waals surface area contributed by atoms with Gasteiger partial charge in [-0.05, 0) is 83.7 Å². The zero-order chi connectivity index (χ0) is 24.7. The van der Waals surface area contributed by atoms with E-state index in [9.17, 15) is 0 Å². The van der Waals surface area contributed by atoms with Crippen LogP contribution in [0.2, 0.25) is 0 Å². The van der Waals surface area contributed by atoms with Crippen molar-refractivity contribution in [3.8, 4) is 0 Å². The van der Waals surface area contributed by atoms with Crippen molar-refractivity contribution < 1.29 is 13.1 Å². The van der Waals surface area contributed by atoms with Crippen molar-refractivity contribution in [1.82, 2.24) is 9.97 Å². The first-order chi connectivity index (χ1) is 15.6. The van der Waals surface area contributed by atoms with Gasteiger partial charge in [0.2, 0.25) is 0 Å². The van der Waals surface area contributed by atoms with Crippen molar-refractivity contribution in [1.29, 1.82) is 0 Å². The number of hydrogen-bond donors (Lipinski definition) is 0. The zero-order valence-corrected chi connectivity index (χ0v) is 23.0. The minimum atomic E-state index is 0.194. The molecular weight excluding hydrogens is 495 g/mol. The SMILES string of the molecule is CC(=Nc1c(C)cc(C)cc1C)c1ccnc(C(C)=Nc2c(C)cc(C)cc2C)n1.[Cl][Fe][Cl]. The second kappa shape index (κ2) is 12.4. The first-order valence-electron chi connectivity index (χ1n) is 10.5. The van der Waals surface area contributed by atoms with Gasteiger partial charge in [0.1, 0.15) is 0 Å². The predicted molar refractivity (Wildman–Crippen MR) is 139 cm³/mol. The summed E-state index contributed by atoms with van der Waals surface area (Å²) in [6, 6.07) is 10.5. The molecule has 0 atom stereocenters. The Bertz CT molecular complexity index is 1070. The van der Waals surface area contributed by atoms with Crippen LogP contribution in [0, 0.1) is 41.5 Å². The van der Waals surface area contributed by atoms with Gasteiger partial charge in [-0.25, -0.2) is 15.0 Å². The molecule has 0 fully saturated rings. The van der Waals surface area contributed by atoms with Gasteiger partial charge in [-0.15, -0.1) is 0 Å². The summed E-state index contributed by atoms with van der Waals surface area (Å²) < 4.78 is 0. The van der Waals surface area contributed by atoms with Gasteiger partial charge in [0.05, 0.1) is 28.5 Å². The van der Waals surface area contributed by atoms with Crippen LogP contribution >= 0.6 is 20.2 Å². The number of aliphatic imine (C=N–C) groups is 2. The number of aryl methyl sites for hydroxylation is 6.